The molecule has 1 heterocycles. The van der Waals surface area contributed by atoms with Crippen molar-refractivity contribution in [2.45, 2.75) is 6.61 Å². The SMILES string of the molecule is COc1ccccc1NC(=O)CN1C(=O)N/C(=C/c2cc(Br)ccc2OCc2ccc([N+](=O)[O-])cc2)C1=O. The summed E-state index contributed by atoms with van der Waals surface area (Å²) < 4.78 is 11.8. The molecule has 0 radical (unpaired) electrons. The number of para-hydroxylation sites is 2. The van der Waals surface area contributed by atoms with Gasteiger partial charge in [-0.25, -0.2) is 9.69 Å². The van der Waals surface area contributed by atoms with E-state index in [1.54, 1.807) is 54.6 Å². The van der Waals surface area contributed by atoms with Crippen LogP contribution in [0.25, 0.3) is 6.08 Å². The summed E-state index contributed by atoms with van der Waals surface area (Å²) in [7, 11) is 1.46. The second-order valence-corrected chi connectivity index (χ2v) is 8.94. The van der Waals surface area contributed by atoms with Gasteiger partial charge in [-0.05, 0) is 54.1 Å². The number of carbonyl (C=O) groups excluding carboxylic acids is 3. The topological polar surface area (TPSA) is 140 Å². The second kappa shape index (κ2) is 11.6. The van der Waals surface area contributed by atoms with E-state index in [-0.39, 0.29) is 18.0 Å². The van der Waals surface area contributed by atoms with Gasteiger partial charge in [0.1, 0.15) is 30.3 Å². The van der Waals surface area contributed by atoms with Gasteiger partial charge < -0.3 is 20.1 Å². The van der Waals surface area contributed by atoms with E-state index < -0.39 is 29.3 Å². The van der Waals surface area contributed by atoms with Crippen LogP contribution in [0.2, 0.25) is 0 Å². The Balaban J connectivity index is 1.47. The number of imide groups is 1. The molecule has 38 heavy (non-hydrogen) atoms. The minimum Gasteiger partial charge on any atom is -0.495 e. The molecule has 2 N–H and O–H groups in total. The first kappa shape index (κ1) is 26.4. The zero-order chi connectivity index (χ0) is 27.2. The normalized spacial score (nSPS) is 13.8. The predicted molar refractivity (Wildman–Crippen MR) is 141 cm³/mol. The minimum absolute atomic E-state index is 0.0283. The molecule has 0 aliphatic carbocycles. The lowest BCUT2D eigenvalue weighted by molar-refractivity contribution is -0.384. The number of halogens is 1. The second-order valence-electron chi connectivity index (χ2n) is 8.02. The van der Waals surface area contributed by atoms with Gasteiger partial charge in [0.2, 0.25) is 5.91 Å². The van der Waals surface area contributed by atoms with E-state index in [0.717, 1.165) is 4.90 Å². The number of amides is 4. The standard InChI is InChI=1S/C26H21BrN4O7/c1-37-23-5-3-2-4-20(23)28-24(32)14-30-25(33)21(29-26(30)34)13-17-12-18(27)8-11-22(17)38-15-16-6-9-19(10-7-16)31(35)36/h2-13H,14-15H2,1H3,(H,28,32)(H,29,34)/b21-13+. The molecule has 1 aliphatic rings. The molecule has 1 fully saturated rings. The van der Waals surface area contributed by atoms with Gasteiger partial charge >= 0.3 is 6.03 Å². The van der Waals surface area contributed by atoms with Gasteiger partial charge in [0, 0.05) is 22.2 Å². The zero-order valence-electron chi connectivity index (χ0n) is 20.0. The summed E-state index contributed by atoms with van der Waals surface area (Å²) in [5.41, 5.74) is 1.55. The van der Waals surface area contributed by atoms with Gasteiger partial charge in [-0.15, -0.1) is 0 Å². The molecule has 12 heteroatoms. The number of nitrogens with zero attached hydrogens (tertiary/aromatic N) is 2. The van der Waals surface area contributed by atoms with Crippen LogP contribution in [0.3, 0.4) is 0 Å². The van der Waals surface area contributed by atoms with Gasteiger partial charge in [-0.2, -0.15) is 0 Å². The summed E-state index contributed by atoms with van der Waals surface area (Å²) in [6, 6.07) is 17.1. The quantitative estimate of drug-likeness (QED) is 0.164. The van der Waals surface area contributed by atoms with Gasteiger partial charge in [-0.1, -0.05) is 28.1 Å². The molecule has 0 saturated carbocycles. The number of hydrogen-bond donors (Lipinski definition) is 2. The third kappa shape index (κ3) is 6.16. The summed E-state index contributed by atoms with van der Waals surface area (Å²) in [5.74, 6) is -0.400. The number of ether oxygens (including phenoxy) is 2. The molecule has 0 unspecified atom stereocenters. The maximum absolute atomic E-state index is 13.0. The molecule has 0 aromatic heterocycles. The summed E-state index contributed by atoms with van der Waals surface area (Å²) >= 11 is 3.38. The number of carbonyl (C=O) groups is 3. The molecule has 4 rings (SSSR count). The summed E-state index contributed by atoms with van der Waals surface area (Å²) in [6.07, 6.45) is 1.45. The molecule has 3 aromatic carbocycles. The van der Waals surface area contributed by atoms with Gasteiger partial charge in [-0.3, -0.25) is 19.7 Å². The number of anilines is 1. The van der Waals surface area contributed by atoms with E-state index >= 15 is 0 Å². The Morgan fingerprint density at radius 2 is 1.84 bits per heavy atom. The molecule has 0 atom stereocenters. The fraction of sp³-hybridized carbons (Fsp3) is 0.115. The molecule has 4 amide bonds. The Hall–Kier alpha value is -4.71. The van der Waals surface area contributed by atoms with Crippen molar-refractivity contribution in [2.75, 3.05) is 19.0 Å². The lowest BCUT2D eigenvalue weighted by Crippen LogP contribution is -2.38. The zero-order valence-corrected chi connectivity index (χ0v) is 21.6. The number of benzene rings is 3. The summed E-state index contributed by atoms with van der Waals surface area (Å²) in [5, 5.41) is 16.0. The van der Waals surface area contributed by atoms with E-state index in [9.17, 15) is 24.5 Å². The first-order valence-corrected chi connectivity index (χ1v) is 12.0. The maximum atomic E-state index is 13.0. The van der Waals surface area contributed by atoms with Gasteiger partial charge in [0.05, 0.1) is 17.7 Å². The van der Waals surface area contributed by atoms with Crippen LogP contribution >= 0.6 is 15.9 Å². The van der Waals surface area contributed by atoms with Crippen LogP contribution in [-0.4, -0.2) is 41.3 Å². The van der Waals surface area contributed by atoms with Crippen molar-refractivity contribution in [1.29, 1.82) is 0 Å². The van der Waals surface area contributed by atoms with E-state index in [0.29, 0.717) is 32.8 Å². The number of urea groups is 1. The minimum atomic E-state index is -0.736. The lowest BCUT2D eigenvalue weighted by Gasteiger charge is -2.13. The number of rotatable bonds is 9. The highest BCUT2D eigenvalue weighted by atomic mass is 79.9. The van der Waals surface area contributed by atoms with Crippen molar-refractivity contribution < 1.29 is 28.8 Å². The van der Waals surface area contributed by atoms with E-state index in [1.165, 1.54) is 25.3 Å². The van der Waals surface area contributed by atoms with Crippen molar-refractivity contribution in [3.05, 3.63) is 98.1 Å². The molecule has 0 bridgehead atoms. The molecular formula is C26H21BrN4O7. The third-order valence-corrected chi connectivity index (χ3v) is 5.95. The van der Waals surface area contributed by atoms with Gasteiger partial charge in [0.25, 0.3) is 11.6 Å². The summed E-state index contributed by atoms with van der Waals surface area (Å²) in [4.78, 5) is 49.2. The first-order valence-electron chi connectivity index (χ1n) is 11.2. The Labute approximate surface area is 225 Å². The number of methoxy groups -OCH3 is 1. The monoisotopic (exact) mass is 580 g/mol. The van der Waals surface area contributed by atoms with E-state index in [4.69, 9.17) is 9.47 Å². The lowest BCUT2D eigenvalue weighted by atomic mass is 10.1. The highest BCUT2D eigenvalue weighted by Gasteiger charge is 2.35. The van der Waals surface area contributed by atoms with Crippen molar-refractivity contribution >= 4 is 51.2 Å². The molecule has 3 aromatic rings. The maximum Gasteiger partial charge on any atom is 0.329 e. The summed E-state index contributed by atoms with van der Waals surface area (Å²) in [6.45, 7) is -0.382. The Morgan fingerprint density at radius 3 is 2.55 bits per heavy atom. The Kier molecular flexibility index (Phi) is 8.02. The van der Waals surface area contributed by atoms with Crippen molar-refractivity contribution in [2.24, 2.45) is 0 Å². The van der Waals surface area contributed by atoms with Crippen LogP contribution < -0.4 is 20.1 Å². The fourth-order valence-electron chi connectivity index (χ4n) is 3.59. The smallest absolute Gasteiger partial charge is 0.329 e. The van der Waals surface area contributed by atoms with Crippen LogP contribution in [0, 0.1) is 10.1 Å². The van der Waals surface area contributed by atoms with E-state index in [1.807, 2.05) is 0 Å². The van der Waals surface area contributed by atoms with Crippen LogP contribution in [-0.2, 0) is 16.2 Å². The Bertz CT molecular complexity index is 1440. The van der Waals surface area contributed by atoms with Crippen LogP contribution in [0.5, 0.6) is 11.5 Å². The molecule has 0 spiro atoms. The largest absolute Gasteiger partial charge is 0.495 e. The average molecular weight is 581 g/mol. The third-order valence-electron chi connectivity index (χ3n) is 5.46. The fourth-order valence-corrected chi connectivity index (χ4v) is 3.97. The van der Waals surface area contributed by atoms with Crippen molar-refractivity contribution in [3.8, 4) is 11.5 Å². The number of non-ortho nitro benzene ring substituents is 1. The number of nitrogens with one attached hydrogen (secondary N) is 2. The molecule has 1 aliphatic heterocycles. The molecule has 194 valence electrons. The van der Waals surface area contributed by atoms with Crippen molar-refractivity contribution in [1.82, 2.24) is 10.2 Å². The Morgan fingerprint density at radius 1 is 1.11 bits per heavy atom. The number of hydrogen-bond acceptors (Lipinski definition) is 7. The molecule has 11 nitrogen and oxygen atoms in total. The number of nitro benzene ring substituents is 1. The van der Waals surface area contributed by atoms with Crippen LogP contribution in [0.15, 0.2) is 76.9 Å². The van der Waals surface area contributed by atoms with Crippen LogP contribution in [0.1, 0.15) is 11.1 Å². The van der Waals surface area contributed by atoms with Gasteiger partial charge in [0.15, 0.2) is 0 Å². The number of nitro groups is 1. The molecular weight excluding hydrogens is 560 g/mol. The van der Waals surface area contributed by atoms with Crippen molar-refractivity contribution in [3.63, 3.8) is 0 Å². The average Bonchev–Trinajstić information content (AvgIpc) is 3.16. The highest BCUT2D eigenvalue weighted by Crippen LogP contribution is 2.28. The molecule has 1 saturated heterocycles. The predicted octanol–water partition coefficient (Wildman–Crippen LogP) is 4.48. The van der Waals surface area contributed by atoms with Crippen LogP contribution in [0.4, 0.5) is 16.2 Å². The highest BCUT2D eigenvalue weighted by molar-refractivity contribution is 9.10. The first-order chi connectivity index (χ1) is 18.2. The van der Waals surface area contributed by atoms with E-state index in [2.05, 4.69) is 26.6 Å².